The van der Waals surface area contributed by atoms with Crippen molar-refractivity contribution in [2.45, 2.75) is 44.4 Å². The zero-order valence-electron chi connectivity index (χ0n) is 15.8. The van der Waals surface area contributed by atoms with Gasteiger partial charge in [0.1, 0.15) is 5.78 Å². The largest absolute Gasteiger partial charge is 0.416 e. The van der Waals surface area contributed by atoms with Crippen LogP contribution in [0.25, 0.3) is 11.1 Å². The van der Waals surface area contributed by atoms with Crippen LogP contribution in [0.1, 0.15) is 37.3 Å². The van der Waals surface area contributed by atoms with Gasteiger partial charge >= 0.3 is 6.18 Å². The second kappa shape index (κ2) is 8.45. The van der Waals surface area contributed by atoms with Crippen LogP contribution in [0.4, 0.5) is 13.2 Å². The van der Waals surface area contributed by atoms with Crippen LogP contribution in [0.3, 0.4) is 0 Å². The molecule has 0 saturated carbocycles. The second-order valence-electron chi connectivity index (χ2n) is 7.40. The quantitative estimate of drug-likeness (QED) is 0.754. The van der Waals surface area contributed by atoms with Crippen LogP contribution in [-0.4, -0.2) is 24.5 Å². The summed E-state index contributed by atoms with van der Waals surface area (Å²) in [4.78, 5) is 11.7. The summed E-state index contributed by atoms with van der Waals surface area (Å²) in [5.41, 5.74) is 1.79. The maximum Gasteiger partial charge on any atom is 0.416 e. The number of hydrogen-bond donors (Lipinski definition) is 1. The number of carbonyl (C=O) groups excluding carboxylic acids is 1. The minimum absolute atomic E-state index is 0.159. The molecule has 6 heteroatoms. The molecule has 1 saturated heterocycles. The Hall–Kier alpha value is -2.18. The van der Waals surface area contributed by atoms with Crippen LogP contribution in [0.15, 0.2) is 48.5 Å². The van der Waals surface area contributed by atoms with Gasteiger partial charge in [0.25, 0.3) is 0 Å². The summed E-state index contributed by atoms with van der Waals surface area (Å²) in [6.45, 7) is 3.53. The van der Waals surface area contributed by atoms with Crippen LogP contribution in [0.5, 0.6) is 0 Å². The van der Waals surface area contributed by atoms with Gasteiger partial charge in [0.05, 0.1) is 5.56 Å². The van der Waals surface area contributed by atoms with E-state index in [0.717, 1.165) is 41.7 Å². The number of Topliss-reactive ketones (excluding diaryl/α,β-unsaturated/α-hetero) is 1. The Morgan fingerprint density at radius 1 is 1.00 bits per heavy atom. The minimum atomic E-state index is -4.33. The molecule has 0 radical (unpaired) electrons. The van der Waals surface area contributed by atoms with Crippen molar-refractivity contribution >= 4 is 5.78 Å². The predicted molar refractivity (Wildman–Crippen MR) is 102 cm³/mol. The number of alkyl halides is 3. The Morgan fingerprint density at radius 2 is 1.54 bits per heavy atom. The SMILES string of the molecule is CC(=O)CC1(NCc2ccc(-c3ccc(C(F)(F)F)cc3)cc2)CCOCC1. The highest BCUT2D eigenvalue weighted by Gasteiger charge is 2.33. The summed E-state index contributed by atoms with van der Waals surface area (Å²) >= 11 is 0. The van der Waals surface area contributed by atoms with Crippen LogP contribution in [0.2, 0.25) is 0 Å². The molecule has 1 N–H and O–H groups in total. The van der Waals surface area contributed by atoms with Crippen LogP contribution < -0.4 is 5.32 Å². The molecule has 1 aliphatic heterocycles. The normalized spacial score (nSPS) is 16.7. The molecule has 28 heavy (non-hydrogen) atoms. The first-order valence-electron chi connectivity index (χ1n) is 9.36. The summed E-state index contributed by atoms with van der Waals surface area (Å²) < 4.78 is 43.5. The van der Waals surface area contributed by atoms with E-state index in [1.807, 2.05) is 24.3 Å². The number of nitrogens with one attached hydrogen (secondary N) is 1. The maximum atomic E-state index is 12.7. The second-order valence-corrected chi connectivity index (χ2v) is 7.40. The van der Waals surface area contributed by atoms with Gasteiger partial charge in [0.15, 0.2) is 0 Å². The topological polar surface area (TPSA) is 38.3 Å². The molecular formula is C22H24F3NO2. The van der Waals surface area contributed by atoms with Gasteiger partial charge < -0.3 is 10.1 Å². The number of benzene rings is 2. The molecule has 2 aromatic rings. The van der Waals surface area contributed by atoms with Crippen molar-refractivity contribution in [1.82, 2.24) is 5.32 Å². The van der Waals surface area contributed by atoms with E-state index in [0.29, 0.717) is 26.2 Å². The number of ether oxygens (including phenoxy) is 1. The Bertz CT molecular complexity index is 792. The lowest BCUT2D eigenvalue weighted by atomic mass is 9.85. The molecule has 0 unspecified atom stereocenters. The molecular weight excluding hydrogens is 367 g/mol. The third-order valence-electron chi connectivity index (χ3n) is 5.20. The van der Waals surface area contributed by atoms with Crippen LogP contribution >= 0.6 is 0 Å². The molecule has 1 heterocycles. The zero-order chi connectivity index (χ0) is 20.2. The summed E-state index contributed by atoms with van der Waals surface area (Å²) in [5.74, 6) is 0.159. The number of carbonyl (C=O) groups is 1. The van der Waals surface area contributed by atoms with Gasteiger partial charge in [-0.3, -0.25) is 4.79 Å². The fraction of sp³-hybridized carbons (Fsp3) is 0.409. The lowest BCUT2D eigenvalue weighted by Gasteiger charge is -2.37. The molecule has 1 aliphatic rings. The number of ketones is 1. The molecule has 0 amide bonds. The van der Waals surface area contributed by atoms with E-state index in [2.05, 4.69) is 5.32 Å². The smallest absolute Gasteiger partial charge is 0.381 e. The summed E-state index contributed by atoms with van der Waals surface area (Å²) in [7, 11) is 0. The minimum Gasteiger partial charge on any atom is -0.381 e. The zero-order valence-corrected chi connectivity index (χ0v) is 15.8. The Labute approximate surface area is 162 Å². The number of rotatable bonds is 6. The van der Waals surface area contributed by atoms with E-state index in [1.54, 1.807) is 6.92 Å². The molecule has 0 atom stereocenters. The van der Waals surface area contributed by atoms with Gasteiger partial charge in [-0.05, 0) is 48.6 Å². The van der Waals surface area contributed by atoms with E-state index in [1.165, 1.54) is 12.1 Å². The molecule has 3 rings (SSSR count). The van der Waals surface area contributed by atoms with Gasteiger partial charge in [-0.15, -0.1) is 0 Å². The lowest BCUT2D eigenvalue weighted by molar-refractivity contribution is -0.137. The maximum absolute atomic E-state index is 12.7. The monoisotopic (exact) mass is 391 g/mol. The molecule has 150 valence electrons. The first-order chi connectivity index (χ1) is 13.3. The van der Waals surface area contributed by atoms with Crippen molar-refractivity contribution in [3.8, 4) is 11.1 Å². The number of halogens is 3. The van der Waals surface area contributed by atoms with Crippen molar-refractivity contribution in [2.24, 2.45) is 0 Å². The highest BCUT2D eigenvalue weighted by atomic mass is 19.4. The van der Waals surface area contributed by atoms with Gasteiger partial charge in [-0.1, -0.05) is 36.4 Å². The molecule has 1 fully saturated rings. The van der Waals surface area contributed by atoms with Gasteiger partial charge in [-0.2, -0.15) is 13.2 Å². The Kier molecular flexibility index (Phi) is 6.20. The van der Waals surface area contributed by atoms with Gasteiger partial charge in [-0.25, -0.2) is 0 Å². The fourth-order valence-corrected chi connectivity index (χ4v) is 3.61. The Balaban J connectivity index is 1.66. The van der Waals surface area contributed by atoms with E-state index < -0.39 is 11.7 Å². The first-order valence-corrected chi connectivity index (χ1v) is 9.36. The molecule has 0 aromatic heterocycles. The molecule has 0 aliphatic carbocycles. The van der Waals surface area contributed by atoms with Crippen molar-refractivity contribution in [2.75, 3.05) is 13.2 Å². The van der Waals surface area contributed by atoms with Crippen LogP contribution in [0, 0.1) is 0 Å². The van der Waals surface area contributed by atoms with E-state index in [4.69, 9.17) is 4.74 Å². The van der Waals surface area contributed by atoms with Crippen molar-refractivity contribution in [3.63, 3.8) is 0 Å². The summed E-state index contributed by atoms with van der Waals surface area (Å²) in [5, 5.41) is 3.54. The third-order valence-corrected chi connectivity index (χ3v) is 5.20. The molecule has 0 spiro atoms. The standard InChI is InChI=1S/C22H24F3NO2/c1-16(27)14-21(10-12-28-13-11-21)26-15-17-2-4-18(5-3-17)19-6-8-20(9-7-19)22(23,24)25/h2-9,26H,10-15H2,1H3. The van der Waals surface area contributed by atoms with Gasteiger partial charge in [0, 0.05) is 31.7 Å². The van der Waals surface area contributed by atoms with E-state index >= 15 is 0 Å². The van der Waals surface area contributed by atoms with Crippen molar-refractivity contribution in [1.29, 1.82) is 0 Å². The average Bonchev–Trinajstić information content (AvgIpc) is 2.66. The molecule has 2 aromatic carbocycles. The average molecular weight is 391 g/mol. The third kappa shape index (κ3) is 5.20. The highest BCUT2D eigenvalue weighted by molar-refractivity contribution is 5.76. The summed E-state index contributed by atoms with van der Waals surface area (Å²) in [6, 6.07) is 12.9. The van der Waals surface area contributed by atoms with Gasteiger partial charge in [0.2, 0.25) is 0 Å². The number of hydrogen-bond acceptors (Lipinski definition) is 3. The first kappa shape index (κ1) is 20.6. The van der Waals surface area contributed by atoms with E-state index in [9.17, 15) is 18.0 Å². The molecule has 0 bridgehead atoms. The predicted octanol–water partition coefficient (Wildman–Crippen LogP) is 4.99. The highest BCUT2D eigenvalue weighted by Crippen LogP contribution is 2.31. The van der Waals surface area contributed by atoms with Crippen molar-refractivity contribution < 1.29 is 22.7 Å². The lowest BCUT2D eigenvalue weighted by Crippen LogP contribution is -2.50. The summed E-state index contributed by atoms with van der Waals surface area (Å²) in [6.07, 6.45) is -2.24. The molecule has 3 nitrogen and oxygen atoms in total. The van der Waals surface area contributed by atoms with Crippen LogP contribution in [-0.2, 0) is 22.3 Å². The van der Waals surface area contributed by atoms with E-state index in [-0.39, 0.29) is 11.3 Å². The van der Waals surface area contributed by atoms with Crippen molar-refractivity contribution in [3.05, 3.63) is 59.7 Å². The fourth-order valence-electron chi connectivity index (χ4n) is 3.61. The Morgan fingerprint density at radius 3 is 2.04 bits per heavy atom.